The molecular formula is C9H15NOS. The Hall–Kier alpha value is -0.440. The molecule has 2 nitrogen and oxygen atoms in total. The van der Waals surface area contributed by atoms with Crippen LogP contribution < -0.4 is 5.32 Å². The molecule has 0 saturated carbocycles. The van der Waals surface area contributed by atoms with Gasteiger partial charge in [-0.1, -0.05) is 13.0 Å². The Labute approximate surface area is 77.8 Å². The molecule has 0 aromatic carbocycles. The van der Waals surface area contributed by atoms with Crippen molar-refractivity contribution in [1.29, 1.82) is 0 Å². The van der Waals surface area contributed by atoms with Crippen LogP contribution in [-0.2, 0) is 0 Å². The quantitative estimate of drug-likeness (QED) is 0.680. The molecule has 0 heterocycles. The smallest absolute Gasteiger partial charge is 0.283 e. The first kappa shape index (κ1) is 9.65. The lowest BCUT2D eigenvalue weighted by Gasteiger charge is -2.16. The summed E-state index contributed by atoms with van der Waals surface area (Å²) in [7, 11) is 1.67. The fourth-order valence-corrected chi connectivity index (χ4v) is 2.22. The van der Waals surface area contributed by atoms with Crippen LogP contribution in [0.5, 0.6) is 0 Å². The summed E-state index contributed by atoms with van der Waals surface area (Å²) >= 11 is 1.34. The average molecular weight is 185 g/mol. The summed E-state index contributed by atoms with van der Waals surface area (Å²) in [4.78, 5) is 12.2. The Morgan fingerprint density at radius 3 is 3.08 bits per heavy atom. The Balaban J connectivity index is 2.45. The molecular weight excluding hydrogens is 170 g/mol. The Morgan fingerprint density at radius 2 is 2.50 bits per heavy atom. The van der Waals surface area contributed by atoms with Gasteiger partial charge in [0.25, 0.3) is 5.24 Å². The molecule has 68 valence electrons. The molecule has 1 rings (SSSR count). The van der Waals surface area contributed by atoms with E-state index in [1.165, 1.54) is 29.5 Å². The van der Waals surface area contributed by atoms with Crippen LogP contribution in [0.3, 0.4) is 0 Å². The highest BCUT2D eigenvalue weighted by Crippen LogP contribution is 2.30. The number of carbonyl (C=O) groups is 1. The minimum Gasteiger partial charge on any atom is -0.350 e. The predicted octanol–water partition coefficient (Wildman–Crippen LogP) is 2.76. The molecule has 3 heteroatoms. The van der Waals surface area contributed by atoms with Gasteiger partial charge in [-0.3, -0.25) is 4.79 Å². The summed E-state index contributed by atoms with van der Waals surface area (Å²) in [5.41, 5.74) is 0. The van der Waals surface area contributed by atoms with Crippen LogP contribution in [0.4, 0.5) is 4.79 Å². The lowest BCUT2D eigenvalue weighted by molar-refractivity contribution is 0.262. The summed E-state index contributed by atoms with van der Waals surface area (Å²) in [6.45, 7) is 2.20. The van der Waals surface area contributed by atoms with Gasteiger partial charge in [0.15, 0.2) is 0 Å². The van der Waals surface area contributed by atoms with Gasteiger partial charge < -0.3 is 5.32 Å². The van der Waals surface area contributed by atoms with Gasteiger partial charge >= 0.3 is 0 Å². The van der Waals surface area contributed by atoms with Gasteiger partial charge in [0.2, 0.25) is 0 Å². The van der Waals surface area contributed by atoms with Crippen LogP contribution in [-0.4, -0.2) is 12.3 Å². The second-order valence-electron chi connectivity index (χ2n) is 3.14. The van der Waals surface area contributed by atoms with E-state index in [-0.39, 0.29) is 5.24 Å². The Morgan fingerprint density at radius 1 is 1.75 bits per heavy atom. The molecule has 0 unspecified atom stereocenters. The number of amides is 1. The highest BCUT2D eigenvalue weighted by atomic mass is 32.2. The monoisotopic (exact) mass is 185 g/mol. The van der Waals surface area contributed by atoms with E-state index in [0.717, 1.165) is 6.42 Å². The maximum absolute atomic E-state index is 11.0. The molecule has 0 spiro atoms. The highest BCUT2D eigenvalue weighted by molar-refractivity contribution is 8.16. The van der Waals surface area contributed by atoms with Crippen molar-refractivity contribution < 1.29 is 4.79 Å². The minimum atomic E-state index is 0.0513. The van der Waals surface area contributed by atoms with Gasteiger partial charge in [0, 0.05) is 7.05 Å². The van der Waals surface area contributed by atoms with E-state index in [4.69, 9.17) is 0 Å². The zero-order valence-electron chi connectivity index (χ0n) is 7.59. The molecule has 12 heavy (non-hydrogen) atoms. The van der Waals surface area contributed by atoms with Gasteiger partial charge in [-0.25, -0.2) is 0 Å². The Kier molecular flexibility index (Phi) is 3.66. The lowest BCUT2D eigenvalue weighted by Crippen LogP contribution is -2.12. The fraction of sp³-hybridized carbons (Fsp3) is 0.667. The number of hydrogen-bond acceptors (Lipinski definition) is 2. The standard InChI is InChI=1S/C9H15NOS/c1-7-4-3-5-8(6-7)12-9(11)10-2/h6-7H,3-5H2,1-2H3,(H,10,11)/t7-/m1/s1. The molecule has 0 bridgehead atoms. The molecule has 1 amide bonds. The van der Waals surface area contributed by atoms with Gasteiger partial charge in [0.1, 0.15) is 0 Å². The summed E-state index contributed by atoms with van der Waals surface area (Å²) in [5.74, 6) is 0.644. The predicted molar refractivity (Wildman–Crippen MR) is 53.1 cm³/mol. The third-order valence-corrected chi connectivity index (χ3v) is 2.97. The number of thioether (sulfide) groups is 1. The molecule has 0 saturated heterocycles. The topological polar surface area (TPSA) is 29.1 Å². The lowest BCUT2D eigenvalue weighted by atomic mass is 9.98. The number of allylic oxidation sites excluding steroid dienone is 2. The van der Waals surface area contributed by atoms with Crippen molar-refractivity contribution >= 4 is 17.0 Å². The molecule has 0 aliphatic heterocycles. The number of carbonyl (C=O) groups excluding carboxylic acids is 1. The number of hydrogen-bond donors (Lipinski definition) is 1. The van der Waals surface area contributed by atoms with Gasteiger partial charge in [0.05, 0.1) is 0 Å². The van der Waals surface area contributed by atoms with Gasteiger partial charge in [-0.2, -0.15) is 0 Å². The second kappa shape index (κ2) is 4.55. The van der Waals surface area contributed by atoms with E-state index in [9.17, 15) is 4.79 Å². The summed E-state index contributed by atoms with van der Waals surface area (Å²) in [5, 5.41) is 2.66. The van der Waals surface area contributed by atoms with Crippen molar-refractivity contribution in [3.8, 4) is 0 Å². The Bertz CT molecular complexity index is 201. The van der Waals surface area contributed by atoms with Crippen molar-refractivity contribution in [3.63, 3.8) is 0 Å². The van der Waals surface area contributed by atoms with Crippen LogP contribution in [0.1, 0.15) is 26.2 Å². The minimum absolute atomic E-state index is 0.0513. The van der Waals surface area contributed by atoms with Crippen molar-refractivity contribution in [2.75, 3.05) is 7.05 Å². The molecule has 0 radical (unpaired) electrons. The highest BCUT2D eigenvalue weighted by Gasteiger charge is 2.12. The summed E-state index contributed by atoms with van der Waals surface area (Å²) in [6, 6.07) is 0. The number of nitrogens with one attached hydrogen (secondary N) is 1. The van der Waals surface area contributed by atoms with E-state index >= 15 is 0 Å². The molecule has 0 aromatic heterocycles. The zero-order valence-corrected chi connectivity index (χ0v) is 8.41. The van der Waals surface area contributed by atoms with E-state index in [1.54, 1.807) is 7.05 Å². The van der Waals surface area contributed by atoms with Crippen LogP contribution >= 0.6 is 11.8 Å². The van der Waals surface area contributed by atoms with Crippen molar-refractivity contribution in [3.05, 3.63) is 11.0 Å². The summed E-state index contributed by atoms with van der Waals surface area (Å²) < 4.78 is 0. The molecule has 1 aliphatic rings. The molecule has 0 aromatic rings. The first-order valence-corrected chi connectivity index (χ1v) is 5.14. The second-order valence-corrected chi connectivity index (χ2v) is 4.24. The fourth-order valence-electron chi connectivity index (χ4n) is 1.34. The van der Waals surface area contributed by atoms with E-state index in [1.807, 2.05) is 0 Å². The average Bonchev–Trinajstić information content (AvgIpc) is 2.04. The van der Waals surface area contributed by atoms with Crippen LogP contribution in [0.15, 0.2) is 11.0 Å². The third kappa shape index (κ3) is 2.89. The SMILES string of the molecule is CNC(=O)SC1=C[C@H](C)CCC1. The van der Waals surface area contributed by atoms with Crippen LogP contribution in [0.25, 0.3) is 0 Å². The summed E-state index contributed by atoms with van der Waals surface area (Å²) in [6.07, 6.45) is 5.76. The first-order valence-electron chi connectivity index (χ1n) is 4.32. The van der Waals surface area contributed by atoms with E-state index in [2.05, 4.69) is 18.3 Å². The van der Waals surface area contributed by atoms with Crippen molar-refractivity contribution in [2.24, 2.45) is 5.92 Å². The van der Waals surface area contributed by atoms with Gasteiger partial charge in [-0.05, 0) is 41.8 Å². The van der Waals surface area contributed by atoms with E-state index in [0.29, 0.717) is 5.92 Å². The third-order valence-electron chi connectivity index (χ3n) is 1.98. The largest absolute Gasteiger partial charge is 0.350 e. The first-order chi connectivity index (χ1) is 5.72. The van der Waals surface area contributed by atoms with Crippen molar-refractivity contribution in [1.82, 2.24) is 5.32 Å². The molecule has 1 atom stereocenters. The normalized spacial score (nSPS) is 23.2. The maximum atomic E-state index is 11.0. The van der Waals surface area contributed by atoms with E-state index < -0.39 is 0 Å². The molecule has 0 fully saturated rings. The zero-order chi connectivity index (χ0) is 8.97. The van der Waals surface area contributed by atoms with Gasteiger partial charge in [-0.15, -0.1) is 0 Å². The van der Waals surface area contributed by atoms with Crippen LogP contribution in [0.2, 0.25) is 0 Å². The molecule has 1 N–H and O–H groups in total. The van der Waals surface area contributed by atoms with Crippen molar-refractivity contribution in [2.45, 2.75) is 26.2 Å². The van der Waals surface area contributed by atoms with Crippen LogP contribution in [0, 0.1) is 5.92 Å². The molecule has 1 aliphatic carbocycles. The maximum Gasteiger partial charge on any atom is 0.283 e. The number of rotatable bonds is 1.